The van der Waals surface area contributed by atoms with E-state index in [2.05, 4.69) is 43.6 Å². The van der Waals surface area contributed by atoms with E-state index in [1.165, 1.54) is 5.56 Å². The van der Waals surface area contributed by atoms with E-state index < -0.39 is 0 Å². The van der Waals surface area contributed by atoms with E-state index in [0.717, 1.165) is 45.0 Å². The molecule has 0 radical (unpaired) electrons. The van der Waals surface area contributed by atoms with Gasteiger partial charge in [-0.05, 0) is 12.0 Å². The molecule has 1 aliphatic rings. The number of imidazole rings is 1. The predicted molar refractivity (Wildman–Crippen MR) is 97.2 cm³/mol. The van der Waals surface area contributed by atoms with Crippen LogP contribution in [-0.2, 0) is 13.1 Å². The Labute approximate surface area is 149 Å². The minimum Gasteiger partial charge on any atom is -0.396 e. The number of aliphatic hydroxyl groups is 2. The summed E-state index contributed by atoms with van der Waals surface area (Å²) in [6.45, 7) is 5.75. The van der Waals surface area contributed by atoms with E-state index in [1.54, 1.807) is 0 Å². The van der Waals surface area contributed by atoms with E-state index in [-0.39, 0.29) is 12.7 Å². The molecule has 25 heavy (non-hydrogen) atoms. The molecule has 0 aliphatic carbocycles. The standard InChI is InChI=1S/C19H28N4O2/c24-12-4-8-21-10-11-22(15-18(25)14-21)16-19-20-7-9-23(19)13-17-5-2-1-3-6-17/h1-3,5-7,9,18,24-25H,4,8,10-16H2/t18-/m0/s1. The third-order valence-corrected chi connectivity index (χ3v) is 4.67. The molecule has 0 unspecified atom stereocenters. The van der Waals surface area contributed by atoms with Crippen LogP contribution in [0.4, 0.5) is 0 Å². The molecule has 0 bridgehead atoms. The lowest BCUT2D eigenvalue weighted by Gasteiger charge is -2.21. The van der Waals surface area contributed by atoms with Gasteiger partial charge in [-0.2, -0.15) is 0 Å². The molecular weight excluding hydrogens is 316 g/mol. The SMILES string of the molecule is OCCCN1CCN(Cc2nccn2Cc2ccccc2)C[C@@H](O)C1. The molecule has 1 aliphatic heterocycles. The van der Waals surface area contributed by atoms with Crippen LogP contribution in [0.3, 0.4) is 0 Å². The quantitative estimate of drug-likeness (QED) is 0.778. The Hall–Kier alpha value is -1.73. The van der Waals surface area contributed by atoms with Crippen LogP contribution in [0.25, 0.3) is 0 Å². The molecule has 1 fully saturated rings. The molecule has 1 atom stereocenters. The molecule has 6 heteroatoms. The van der Waals surface area contributed by atoms with Crippen molar-refractivity contribution < 1.29 is 10.2 Å². The number of benzene rings is 1. The van der Waals surface area contributed by atoms with Gasteiger partial charge >= 0.3 is 0 Å². The summed E-state index contributed by atoms with van der Waals surface area (Å²) in [6, 6.07) is 10.4. The fraction of sp³-hybridized carbons (Fsp3) is 0.526. The molecule has 0 spiro atoms. The van der Waals surface area contributed by atoms with Crippen LogP contribution in [0.1, 0.15) is 17.8 Å². The van der Waals surface area contributed by atoms with Crippen molar-refractivity contribution in [2.45, 2.75) is 25.6 Å². The number of rotatable bonds is 7. The first-order valence-corrected chi connectivity index (χ1v) is 9.02. The van der Waals surface area contributed by atoms with Crippen LogP contribution in [0.2, 0.25) is 0 Å². The van der Waals surface area contributed by atoms with Crippen LogP contribution in [0, 0.1) is 0 Å². The Morgan fingerprint density at radius 1 is 1.04 bits per heavy atom. The molecular formula is C19H28N4O2. The number of hydrogen-bond donors (Lipinski definition) is 2. The van der Waals surface area contributed by atoms with Crippen molar-refractivity contribution in [1.29, 1.82) is 0 Å². The van der Waals surface area contributed by atoms with Gasteiger partial charge in [0.05, 0.1) is 12.6 Å². The van der Waals surface area contributed by atoms with Gasteiger partial charge in [-0.25, -0.2) is 4.98 Å². The van der Waals surface area contributed by atoms with Crippen molar-refractivity contribution in [3.05, 3.63) is 54.1 Å². The van der Waals surface area contributed by atoms with Gasteiger partial charge < -0.3 is 14.8 Å². The molecule has 136 valence electrons. The van der Waals surface area contributed by atoms with Crippen LogP contribution < -0.4 is 0 Å². The van der Waals surface area contributed by atoms with E-state index in [0.29, 0.717) is 13.1 Å². The van der Waals surface area contributed by atoms with E-state index >= 15 is 0 Å². The Kier molecular flexibility index (Phi) is 6.58. The lowest BCUT2D eigenvalue weighted by Crippen LogP contribution is -2.34. The molecule has 1 aromatic heterocycles. The molecule has 1 saturated heterocycles. The lowest BCUT2D eigenvalue weighted by atomic mass is 10.2. The summed E-state index contributed by atoms with van der Waals surface area (Å²) in [5, 5.41) is 19.3. The minimum atomic E-state index is -0.362. The molecule has 0 amide bonds. The zero-order valence-electron chi connectivity index (χ0n) is 14.7. The first-order chi connectivity index (χ1) is 12.2. The van der Waals surface area contributed by atoms with E-state index in [4.69, 9.17) is 5.11 Å². The molecule has 2 aromatic rings. The van der Waals surface area contributed by atoms with Crippen molar-refractivity contribution in [3.8, 4) is 0 Å². The molecule has 0 saturated carbocycles. The maximum Gasteiger partial charge on any atom is 0.123 e. The summed E-state index contributed by atoms with van der Waals surface area (Å²) in [7, 11) is 0. The van der Waals surface area contributed by atoms with Crippen LogP contribution in [0.15, 0.2) is 42.7 Å². The fourth-order valence-corrected chi connectivity index (χ4v) is 3.38. The summed E-state index contributed by atoms with van der Waals surface area (Å²) >= 11 is 0. The molecule has 2 N–H and O–H groups in total. The Bertz CT molecular complexity index is 631. The highest BCUT2D eigenvalue weighted by molar-refractivity contribution is 5.15. The minimum absolute atomic E-state index is 0.202. The van der Waals surface area contributed by atoms with Crippen molar-refractivity contribution >= 4 is 0 Å². The number of hydrogen-bond acceptors (Lipinski definition) is 5. The monoisotopic (exact) mass is 344 g/mol. The highest BCUT2D eigenvalue weighted by Gasteiger charge is 2.22. The smallest absolute Gasteiger partial charge is 0.123 e. The third-order valence-electron chi connectivity index (χ3n) is 4.67. The van der Waals surface area contributed by atoms with Gasteiger partial charge in [0.1, 0.15) is 5.82 Å². The van der Waals surface area contributed by atoms with Crippen molar-refractivity contribution in [1.82, 2.24) is 19.4 Å². The van der Waals surface area contributed by atoms with Crippen molar-refractivity contribution in [2.24, 2.45) is 0 Å². The number of β-amino-alcohol motifs (C(OH)–C–C–N with tert-alkyl or cyclic N) is 1. The normalized spacial score (nSPS) is 19.8. The molecule has 2 heterocycles. The number of nitrogens with zero attached hydrogens (tertiary/aromatic N) is 4. The predicted octanol–water partition coefficient (Wildman–Crippen LogP) is 0.792. The number of aliphatic hydroxyl groups excluding tert-OH is 2. The van der Waals surface area contributed by atoms with Gasteiger partial charge in [-0.15, -0.1) is 0 Å². The Morgan fingerprint density at radius 2 is 1.80 bits per heavy atom. The topological polar surface area (TPSA) is 64.8 Å². The van der Waals surface area contributed by atoms with Crippen LogP contribution in [-0.4, -0.2) is 75.0 Å². The highest BCUT2D eigenvalue weighted by atomic mass is 16.3. The zero-order valence-corrected chi connectivity index (χ0v) is 14.7. The average Bonchev–Trinajstić information content (AvgIpc) is 2.95. The maximum atomic E-state index is 10.3. The summed E-state index contributed by atoms with van der Waals surface area (Å²) in [6.07, 6.45) is 4.26. The first kappa shape index (κ1) is 18.1. The van der Waals surface area contributed by atoms with Gasteiger partial charge in [0.2, 0.25) is 0 Å². The molecule has 6 nitrogen and oxygen atoms in total. The Morgan fingerprint density at radius 3 is 2.60 bits per heavy atom. The summed E-state index contributed by atoms with van der Waals surface area (Å²) in [5.74, 6) is 1.03. The fourth-order valence-electron chi connectivity index (χ4n) is 3.38. The lowest BCUT2D eigenvalue weighted by molar-refractivity contribution is 0.104. The second kappa shape index (κ2) is 9.10. The second-order valence-corrected chi connectivity index (χ2v) is 6.72. The average molecular weight is 344 g/mol. The van der Waals surface area contributed by atoms with Crippen LogP contribution in [0.5, 0.6) is 0 Å². The van der Waals surface area contributed by atoms with Crippen molar-refractivity contribution in [3.63, 3.8) is 0 Å². The van der Waals surface area contributed by atoms with Gasteiger partial charge in [-0.1, -0.05) is 30.3 Å². The summed E-state index contributed by atoms with van der Waals surface area (Å²) < 4.78 is 2.18. The zero-order chi connectivity index (χ0) is 17.5. The largest absolute Gasteiger partial charge is 0.396 e. The Balaban J connectivity index is 1.60. The third kappa shape index (κ3) is 5.37. The van der Waals surface area contributed by atoms with Crippen LogP contribution >= 0.6 is 0 Å². The number of aromatic nitrogens is 2. The van der Waals surface area contributed by atoms with Gasteiger partial charge in [0.15, 0.2) is 0 Å². The highest BCUT2D eigenvalue weighted by Crippen LogP contribution is 2.11. The first-order valence-electron chi connectivity index (χ1n) is 9.02. The maximum absolute atomic E-state index is 10.3. The summed E-state index contributed by atoms with van der Waals surface area (Å²) in [4.78, 5) is 9.03. The van der Waals surface area contributed by atoms with Crippen molar-refractivity contribution in [2.75, 3.05) is 39.3 Å². The second-order valence-electron chi connectivity index (χ2n) is 6.72. The van der Waals surface area contributed by atoms with E-state index in [9.17, 15) is 5.11 Å². The van der Waals surface area contributed by atoms with Gasteiger partial charge in [-0.3, -0.25) is 9.80 Å². The molecule has 3 rings (SSSR count). The summed E-state index contributed by atoms with van der Waals surface area (Å²) in [5.41, 5.74) is 1.26. The van der Waals surface area contributed by atoms with Gasteiger partial charge in [0.25, 0.3) is 0 Å². The molecule has 1 aromatic carbocycles. The van der Waals surface area contributed by atoms with Gasteiger partial charge in [0, 0.05) is 58.3 Å². The van der Waals surface area contributed by atoms with E-state index in [1.807, 2.05) is 18.5 Å².